The predicted molar refractivity (Wildman–Crippen MR) is 72.2 cm³/mol. The molecular formula is C15H14N4O. The largest absolute Gasteiger partial charge is 0.842 e. The Labute approximate surface area is 116 Å². The van der Waals surface area contributed by atoms with Gasteiger partial charge >= 0.3 is 0 Å². The highest BCUT2D eigenvalue weighted by Gasteiger charge is 2.08. The lowest BCUT2D eigenvalue weighted by atomic mass is 10.3. The Balaban J connectivity index is 2.31. The third-order valence-electron chi connectivity index (χ3n) is 3.13. The lowest BCUT2D eigenvalue weighted by Crippen LogP contribution is -2.36. The van der Waals surface area contributed by atoms with Gasteiger partial charge in [-0.05, 0) is 30.7 Å². The van der Waals surface area contributed by atoms with Gasteiger partial charge in [-0.2, -0.15) is 4.99 Å². The van der Waals surface area contributed by atoms with E-state index in [4.69, 9.17) is 0 Å². The van der Waals surface area contributed by atoms with Crippen molar-refractivity contribution in [1.82, 2.24) is 9.55 Å². The highest BCUT2D eigenvalue weighted by Crippen LogP contribution is 2.05. The fourth-order valence-electron chi connectivity index (χ4n) is 2.09. The lowest BCUT2D eigenvalue weighted by Gasteiger charge is -2.08. The summed E-state index contributed by atoms with van der Waals surface area (Å²) in [5.74, 6) is 0.482. The molecule has 3 heterocycles. The normalized spacial score (nSPS) is 12.0. The van der Waals surface area contributed by atoms with Crippen LogP contribution in [0.15, 0.2) is 53.8 Å². The summed E-state index contributed by atoms with van der Waals surface area (Å²) in [6.45, 7) is 1.96. The smallest absolute Gasteiger partial charge is 0.286 e. The van der Waals surface area contributed by atoms with Gasteiger partial charge in [0.2, 0.25) is 5.49 Å². The van der Waals surface area contributed by atoms with E-state index in [0.717, 1.165) is 11.2 Å². The van der Waals surface area contributed by atoms with E-state index in [1.165, 1.54) is 6.07 Å². The highest BCUT2D eigenvalue weighted by molar-refractivity contribution is 5.33. The Morgan fingerprint density at radius 1 is 1.25 bits per heavy atom. The minimum Gasteiger partial charge on any atom is -0.842 e. The zero-order chi connectivity index (χ0) is 14.1. The summed E-state index contributed by atoms with van der Waals surface area (Å²) in [6.07, 6.45) is 3.50. The molecule has 0 unspecified atom stereocenters. The molecule has 0 amide bonds. The highest BCUT2D eigenvalue weighted by atomic mass is 16.3. The zero-order valence-corrected chi connectivity index (χ0v) is 11.3. The summed E-state index contributed by atoms with van der Waals surface area (Å²) in [6, 6.07) is 10.9. The van der Waals surface area contributed by atoms with Crippen LogP contribution in [-0.2, 0) is 7.05 Å². The van der Waals surface area contributed by atoms with Gasteiger partial charge in [-0.1, -0.05) is 6.07 Å². The molecule has 3 rings (SSSR count). The van der Waals surface area contributed by atoms with Crippen molar-refractivity contribution in [1.29, 1.82) is 0 Å². The van der Waals surface area contributed by atoms with Crippen LogP contribution >= 0.6 is 0 Å². The number of aromatic nitrogens is 3. The SMILES string of the molecule is Cc1ccc2n(C)/c(=N/c3ccccn3)cc([O-])[n+]2c1. The molecular weight excluding hydrogens is 252 g/mol. The van der Waals surface area contributed by atoms with Gasteiger partial charge in [0, 0.05) is 18.3 Å². The molecule has 0 aliphatic carbocycles. The molecule has 3 aromatic rings. The fourth-order valence-corrected chi connectivity index (χ4v) is 2.09. The van der Waals surface area contributed by atoms with Gasteiger partial charge < -0.3 is 5.11 Å². The molecule has 0 bridgehead atoms. The summed E-state index contributed by atoms with van der Waals surface area (Å²) in [4.78, 5) is 8.56. The topological polar surface area (TPSA) is 57.3 Å². The number of aryl methyl sites for hydroxylation is 2. The Bertz CT molecular complexity index is 838. The van der Waals surface area contributed by atoms with Crippen LogP contribution in [0.2, 0.25) is 0 Å². The second kappa shape index (κ2) is 4.77. The van der Waals surface area contributed by atoms with E-state index in [1.807, 2.05) is 49.0 Å². The van der Waals surface area contributed by atoms with Crippen LogP contribution in [-0.4, -0.2) is 9.55 Å². The summed E-state index contributed by atoms with van der Waals surface area (Å²) in [7, 11) is 1.88. The van der Waals surface area contributed by atoms with Crippen LogP contribution in [0.5, 0.6) is 5.88 Å². The molecule has 3 aromatic heterocycles. The monoisotopic (exact) mass is 266 g/mol. The van der Waals surface area contributed by atoms with Gasteiger partial charge in [-0.15, -0.1) is 0 Å². The van der Waals surface area contributed by atoms with Crippen LogP contribution < -0.4 is 15.0 Å². The second-order valence-corrected chi connectivity index (χ2v) is 4.63. The van der Waals surface area contributed by atoms with E-state index in [1.54, 1.807) is 16.7 Å². The van der Waals surface area contributed by atoms with Crippen molar-refractivity contribution in [3.05, 3.63) is 59.8 Å². The van der Waals surface area contributed by atoms with Crippen molar-refractivity contribution in [2.24, 2.45) is 12.0 Å². The minimum absolute atomic E-state index is 0.100. The van der Waals surface area contributed by atoms with Gasteiger partial charge in [-0.3, -0.25) is 0 Å². The van der Waals surface area contributed by atoms with Gasteiger partial charge in [0.25, 0.3) is 5.65 Å². The Hall–Kier alpha value is -2.69. The summed E-state index contributed by atoms with van der Waals surface area (Å²) >= 11 is 0. The molecule has 0 aliphatic heterocycles. The third kappa shape index (κ3) is 2.14. The number of nitrogens with zero attached hydrogens (tertiary/aromatic N) is 4. The number of fused-ring (bicyclic) bond motifs is 1. The zero-order valence-electron chi connectivity index (χ0n) is 11.3. The Kier molecular flexibility index (Phi) is 2.95. The molecule has 0 saturated carbocycles. The quantitative estimate of drug-likeness (QED) is 0.611. The van der Waals surface area contributed by atoms with Crippen LogP contribution in [0.1, 0.15) is 5.56 Å². The van der Waals surface area contributed by atoms with Crippen molar-refractivity contribution in [2.75, 3.05) is 0 Å². The molecule has 0 aromatic carbocycles. The number of pyridine rings is 2. The first kappa shape index (κ1) is 12.3. The van der Waals surface area contributed by atoms with Crippen molar-refractivity contribution < 1.29 is 9.51 Å². The molecule has 0 N–H and O–H groups in total. The van der Waals surface area contributed by atoms with Gasteiger partial charge in [-0.25, -0.2) is 14.0 Å². The van der Waals surface area contributed by atoms with E-state index < -0.39 is 0 Å². The summed E-state index contributed by atoms with van der Waals surface area (Å²) in [5, 5.41) is 12.2. The number of hydrogen-bond acceptors (Lipinski definition) is 3. The minimum atomic E-state index is -0.100. The van der Waals surface area contributed by atoms with Crippen molar-refractivity contribution in [3.63, 3.8) is 0 Å². The molecule has 0 fully saturated rings. The Morgan fingerprint density at radius 3 is 2.85 bits per heavy atom. The molecule has 0 aliphatic rings. The predicted octanol–water partition coefficient (Wildman–Crippen LogP) is 0.773. The molecule has 0 saturated heterocycles. The van der Waals surface area contributed by atoms with Crippen molar-refractivity contribution in [2.45, 2.75) is 6.92 Å². The summed E-state index contributed by atoms with van der Waals surface area (Å²) in [5.41, 5.74) is 2.41. The number of hydrogen-bond donors (Lipinski definition) is 0. The maximum absolute atomic E-state index is 12.2. The van der Waals surface area contributed by atoms with Gasteiger partial charge in [0.1, 0.15) is 0 Å². The van der Waals surface area contributed by atoms with Crippen LogP contribution in [0.4, 0.5) is 5.82 Å². The first-order valence-electron chi connectivity index (χ1n) is 6.30. The van der Waals surface area contributed by atoms with E-state index in [-0.39, 0.29) is 5.88 Å². The van der Waals surface area contributed by atoms with Gasteiger partial charge in [0.05, 0.1) is 19.1 Å². The van der Waals surface area contributed by atoms with Crippen LogP contribution in [0.3, 0.4) is 0 Å². The van der Waals surface area contributed by atoms with Crippen molar-refractivity contribution in [3.8, 4) is 5.88 Å². The molecule has 100 valence electrons. The average Bonchev–Trinajstić information content (AvgIpc) is 2.45. The molecule has 0 atom stereocenters. The van der Waals surface area contributed by atoms with Crippen molar-refractivity contribution >= 4 is 11.5 Å². The van der Waals surface area contributed by atoms with E-state index in [0.29, 0.717) is 11.3 Å². The molecule has 5 nitrogen and oxygen atoms in total. The maximum atomic E-state index is 12.2. The lowest BCUT2D eigenvalue weighted by molar-refractivity contribution is -0.588. The van der Waals surface area contributed by atoms with Crippen LogP contribution in [0.25, 0.3) is 5.65 Å². The first-order valence-corrected chi connectivity index (χ1v) is 6.30. The molecule has 5 heteroatoms. The summed E-state index contributed by atoms with van der Waals surface area (Å²) < 4.78 is 3.49. The maximum Gasteiger partial charge on any atom is 0.286 e. The van der Waals surface area contributed by atoms with Gasteiger partial charge in [0.15, 0.2) is 5.82 Å². The third-order valence-corrected chi connectivity index (χ3v) is 3.13. The molecule has 0 spiro atoms. The standard InChI is InChI=1S/C15H14N4O/c1-11-6-7-14-18(2)13(9-15(20)19(14)10-11)17-12-5-3-4-8-16-12/h3-10H,1-2H3. The van der Waals surface area contributed by atoms with E-state index >= 15 is 0 Å². The van der Waals surface area contributed by atoms with E-state index in [9.17, 15) is 5.11 Å². The molecule has 20 heavy (non-hydrogen) atoms. The second-order valence-electron chi connectivity index (χ2n) is 4.63. The van der Waals surface area contributed by atoms with E-state index in [2.05, 4.69) is 9.98 Å². The molecule has 0 radical (unpaired) electrons. The average molecular weight is 266 g/mol. The number of rotatable bonds is 1. The van der Waals surface area contributed by atoms with Crippen LogP contribution in [0, 0.1) is 6.92 Å². The first-order chi connectivity index (χ1) is 9.65. The Morgan fingerprint density at radius 2 is 2.10 bits per heavy atom. The fraction of sp³-hybridized carbons (Fsp3) is 0.133.